The van der Waals surface area contributed by atoms with Crippen LogP contribution in [0.5, 0.6) is 0 Å². The minimum Gasteiger partial charge on any atom is -0.332 e. The van der Waals surface area contributed by atoms with Gasteiger partial charge in [0.05, 0.1) is 0 Å². The summed E-state index contributed by atoms with van der Waals surface area (Å²) in [5.41, 5.74) is 0. The fourth-order valence-electron chi connectivity index (χ4n) is 2.37. The molecule has 0 aliphatic carbocycles. The van der Waals surface area contributed by atoms with Crippen molar-refractivity contribution in [2.24, 2.45) is 7.05 Å². The molecular formula is C12H20N4O. The summed E-state index contributed by atoms with van der Waals surface area (Å²) in [7, 11) is 1.85. The van der Waals surface area contributed by atoms with Crippen molar-refractivity contribution in [3.8, 4) is 0 Å². The summed E-state index contributed by atoms with van der Waals surface area (Å²) in [5.74, 6) is 0.561. The van der Waals surface area contributed by atoms with E-state index >= 15 is 0 Å². The van der Waals surface area contributed by atoms with Crippen LogP contribution in [-0.4, -0.2) is 46.0 Å². The summed E-state index contributed by atoms with van der Waals surface area (Å²) in [5, 5.41) is 3.34. The normalized spacial score (nSPS) is 20.2. The van der Waals surface area contributed by atoms with Crippen molar-refractivity contribution >= 4 is 5.91 Å². The SMILES string of the molecule is CCN(C(=O)c1nccn1C)C1CCCNC1. The van der Waals surface area contributed by atoms with Gasteiger partial charge in [0.15, 0.2) is 5.82 Å². The number of aryl methyl sites for hydroxylation is 1. The van der Waals surface area contributed by atoms with Crippen LogP contribution >= 0.6 is 0 Å². The average molecular weight is 236 g/mol. The second-order valence-corrected chi connectivity index (χ2v) is 4.45. The molecule has 1 aliphatic rings. The Morgan fingerprint density at radius 2 is 2.53 bits per heavy atom. The zero-order valence-electron chi connectivity index (χ0n) is 10.5. The number of nitrogens with zero attached hydrogens (tertiary/aromatic N) is 3. The number of aromatic nitrogens is 2. The third-order valence-electron chi connectivity index (χ3n) is 3.33. The molecule has 1 N–H and O–H groups in total. The van der Waals surface area contributed by atoms with E-state index in [1.54, 1.807) is 17.0 Å². The number of imidazole rings is 1. The van der Waals surface area contributed by atoms with E-state index in [2.05, 4.69) is 10.3 Å². The van der Waals surface area contributed by atoms with Crippen molar-refractivity contribution in [1.82, 2.24) is 19.8 Å². The molecule has 17 heavy (non-hydrogen) atoms. The minimum absolute atomic E-state index is 0.0358. The molecule has 1 amide bonds. The molecule has 94 valence electrons. The van der Waals surface area contributed by atoms with Gasteiger partial charge >= 0.3 is 0 Å². The molecule has 1 saturated heterocycles. The van der Waals surface area contributed by atoms with Crippen LogP contribution < -0.4 is 5.32 Å². The van der Waals surface area contributed by atoms with Crippen molar-refractivity contribution in [1.29, 1.82) is 0 Å². The number of rotatable bonds is 3. The number of likely N-dealkylation sites (N-methyl/N-ethyl adjacent to an activating group) is 1. The lowest BCUT2D eigenvalue weighted by molar-refractivity contribution is 0.0646. The smallest absolute Gasteiger partial charge is 0.290 e. The maximum absolute atomic E-state index is 12.4. The van der Waals surface area contributed by atoms with Gasteiger partial charge in [0.25, 0.3) is 5.91 Å². The molecule has 1 unspecified atom stereocenters. The van der Waals surface area contributed by atoms with Gasteiger partial charge in [0.2, 0.25) is 0 Å². The highest BCUT2D eigenvalue weighted by Gasteiger charge is 2.26. The summed E-state index contributed by atoms with van der Waals surface area (Å²) >= 11 is 0. The number of nitrogens with one attached hydrogen (secondary N) is 1. The van der Waals surface area contributed by atoms with Gasteiger partial charge in [-0.25, -0.2) is 4.98 Å². The quantitative estimate of drug-likeness (QED) is 0.837. The highest BCUT2D eigenvalue weighted by molar-refractivity contribution is 5.91. The number of piperidine rings is 1. The predicted molar refractivity (Wildman–Crippen MR) is 65.8 cm³/mol. The van der Waals surface area contributed by atoms with E-state index in [0.717, 1.165) is 32.5 Å². The Morgan fingerprint density at radius 1 is 1.71 bits per heavy atom. The first-order valence-electron chi connectivity index (χ1n) is 6.23. The van der Waals surface area contributed by atoms with Crippen LogP contribution in [0.1, 0.15) is 30.4 Å². The molecule has 1 fully saturated rings. The minimum atomic E-state index is 0.0358. The fraction of sp³-hybridized carbons (Fsp3) is 0.667. The Kier molecular flexibility index (Phi) is 3.78. The van der Waals surface area contributed by atoms with Crippen molar-refractivity contribution in [2.75, 3.05) is 19.6 Å². The molecule has 5 nitrogen and oxygen atoms in total. The van der Waals surface area contributed by atoms with Crippen LogP contribution in [0.25, 0.3) is 0 Å². The third-order valence-corrected chi connectivity index (χ3v) is 3.33. The summed E-state index contributed by atoms with van der Waals surface area (Å²) in [6, 6.07) is 0.304. The Morgan fingerprint density at radius 3 is 3.06 bits per heavy atom. The molecule has 0 saturated carbocycles. The fourth-order valence-corrected chi connectivity index (χ4v) is 2.37. The number of hydrogen-bond donors (Lipinski definition) is 1. The molecule has 1 aliphatic heterocycles. The van der Waals surface area contributed by atoms with Gasteiger partial charge in [-0.2, -0.15) is 0 Å². The topological polar surface area (TPSA) is 50.2 Å². The molecule has 0 spiro atoms. The third kappa shape index (κ3) is 2.49. The second-order valence-electron chi connectivity index (χ2n) is 4.45. The maximum atomic E-state index is 12.4. The number of amides is 1. The Balaban J connectivity index is 2.12. The van der Waals surface area contributed by atoms with E-state index in [4.69, 9.17) is 0 Å². The summed E-state index contributed by atoms with van der Waals surface area (Å²) in [6.45, 7) is 4.71. The van der Waals surface area contributed by atoms with Crippen LogP contribution in [0.4, 0.5) is 0 Å². The Bertz CT molecular complexity index is 382. The molecular weight excluding hydrogens is 216 g/mol. The molecule has 2 heterocycles. The van der Waals surface area contributed by atoms with E-state index in [1.165, 1.54) is 0 Å². The molecule has 1 atom stereocenters. The maximum Gasteiger partial charge on any atom is 0.290 e. The summed E-state index contributed by atoms with van der Waals surface area (Å²) < 4.78 is 1.78. The Labute approximate surface area is 102 Å². The molecule has 0 radical (unpaired) electrons. The molecule has 1 aromatic rings. The number of carbonyl (C=O) groups excluding carboxylic acids is 1. The standard InChI is InChI=1S/C12H20N4O/c1-3-16(10-5-4-6-13-9-10)12(17)11-14-7-8-15(11)2/h7-8,10,13H,3-6,9H2,1-2H3. The lowest BCUT2D eigenvalue weighted by Gasteiger charge is -2.33. The summed E-state index contributed by atoms with van der Waals surface area (Å²) in [6.07, 6.45) is 5.69. The highest BCUT2D eigenvalue weighted by Crippen LogP contribution is 2.13. The van der Waals surface area contributed by atoms with Gasteiger partial charge in [-0.05, 0) is 26.3 Å². The predicted octanol–water partition coefficient (Wildman–Crippen LogP) is 0.634. The second kappa shape index (κ2) is 5.31. The molecule has 1 aromatic heterocycles. The first kappa shape index (κ1) is 12.1. The molecule has 0 aromatic carbocycles. The van der Waals surface area contributed by atoms with E-state index in [9.17, 15) is 4.79 Å². The van der Waals surface area contributed by atoms with Crippen molar-refractivity contribution in [3.05, 3.63) is 18.2 Å². The first-order valence-corrected chi connectivity index (χ1v) is 6.23. The van der Waals surface area contributed by atoms with Gasteiger partial charge in [-0.3, -0.25) is 4.79 Å². The van der Waals surface area contributed by atoms with Crippen molar-refractivity contribution in [2.45, 2.75) is 25.8 Å². The van der Waals surface area contributed by atoms with Gasteiger partial charge in [0, 0.05) is 38.6 Å². The van der Waals surface area contributed by atoms with Crippen molar-refractivity contribution < 1.29 is 4.79 Å². The average Bonchev–Trinajstić information content (AvgIpc) is 2.77. The lowest BCUT2D eigenvalue weighted by Crippen LogP contribution is -2.49. The molecule has 5 heteroatoms. The monoisotopic (exact) mass is 236 g/mol. The summed E-state index contributed by atoms with van der Waals surface area (Å²) in [4.78, 5) is 18.4. The van der Waals surface area contributed by atoms with Gasteiger partial charge in [0.1, 0.15) is 0 Å². The first-order chi connectivity index (χ1) is 8.24. The van der Waals surface area contributed by atoms with Gasteiger partial charge in [-0.1, -0.05) is 0 Å². The van der Waals surface area contributed by atoms with Crippen molar-refractivity contribution in [3.63, 3.8) is 0 Å². The van der Waals surface area contributed by atoms with E-state index in [-0.39, 0.29) is 5.91 Å². The van der Waals surface area contributed by atoms with E-state index in [1.807, 2.05) is 18.9 Å². The van der Waals surface area contributed by atoms with E-state index < -0.39 is 0 Å². The largest absolute Gasteiger partial charge is 0.332 e. The van der Waals surface area contributed by atoms with Gasteiger partial charge < -0.3 is 14.8 Å². The highest BCUT2D eigenvalue weighted by atomic mass is 16.2. The van der Waals surface area contributed by atoms with Crippen LogP contribution in [0.3, 0.4) is 0 Å². The Hall–Kier alpha value is -1.36. The molecule has 2 rings (SSSR count). The van der Waals surface area contributed by atoms with Gasteiger partial charge in [-0.15, -0.1) is 0 Å². The lowest BCUT2D eigenvalue weighted by atomic mass is 10.1. The van der Waals surface area contributed by atoms with E-state index in [0.29, 0.717) is 11.9 Å². The zero-order valence-corrected chi connectivity index (χ0v) is 10.5. The van der Waals surface area contributed by atoms with Crippen LogP contribution in [0, 0.1) is 0 Å². The zero-order chi connectivity index (χ0) is 12.3. The number of hydrogen-bond acceptors (Lipinski definition) is 3. The van der Waals surface area contributed by atoms with Crippen LogP contribution in [0.15, 0.2) is 12.4 Å². The molecule has 0 bridgehead atoms. The van der Waals surface area contributed by atoms with Crippen LogP contribution in [0.2, 0.25) is 0 Å². The van der Waals surface area contributed by atoms with Crippen LogP contribution in [-0.2, 0) is 7.05 Å². The number of carbonyl (C=O) groups is 1.